The lowest BCUT2D eigenvalue weighted by atomic mass is 10.0. The van der Waals surface area contributed by atoms with E-state index in [4.69, 9.17) is 16.3 Å². The molecule has 2 N–H and O–H groups in total. The third-order valence-corrected chi connectivity index (χ3v) is 5.59. The van der Waals surface area contributed by atoms with Gasteiger partial charge in [0.2, 0.25) is 11.1 Å². The fourth-order valence-corrected chi connectivity index (χ4v) is 4.11. The van der Waals surface area contributed by atoms with E-state index in [2.05, 4.69) is 34.8 Å². The zero-order valence-electron chi connectivity index (χ0n) is 15.1. The average molecular weight is 396 g/mol. The maximum atomic E-state index is 12.8. The molecule has 9 heteroatoms. The number of nitrogens with one attached hydrogen (secondary N) is 2. The van der Waals surface area contributed by atoms with Crippen LogP contribution in [0.2, 0.25) is 5.02 Å². The van der Waals surface area contributed by atoms with E-state index in [0.29, 0.717) is 28.4 Å². The molecule has 7 nitrogen and oxygen atoms in total. The van der Waals surface area contributed by atoms with Gasteiger partial charge in [-0.2, -0.15) is 0 Å². The predicted octanol–water partition coefficient (Wildman–Crippen LogP) is 2.78. The second-order valence-corrected chi connectivity index (χ2v) is 8.06. The van der Waals surface area contributed by atoms with Gasteiger partial charge in [-0.05, 0) is 30.5 Å². The Morgan fingerprint density at radius 3 is 2.88 bits per heavy atom. The zero-order valence-corrected chi connectivity index (χ0v) is 16.7. The molecule has 2 atom stereocenters. The molecule has 1 aliphatic rings. The molecule has 140 valence electrons. The summed E-state index contributed by atoms with van der Waals surface area (Å²) in [5.41, 5.74) is 4.25. The summed E-state index contributed by atoms with van der Waals surface area (Å²) in [7, 11) is 1.57. The first-order chi connectivity index (χ1) is 12.4. The van der Waals surface area contributed by atoms with Gasteiger partial charge in [-0.3, -0.25) is 4.79 Å². The van der Waals surface area contributed by atoms with Crippen LogP contribution in [0.3, 0.4) is 0 Å². The average Bonchev–Trinajstić information content (AvgIpc) is 2.98. The van der Waals surface area contributed by atoms with Crippen LogP contribution in [0.15, 0.2) is 23.4 Å². The minimum Gasteiger partial charge on any atom is -0.495 e. The summed E-state index contributed by atoms with van der Waals surface area (Å²) in [5, 5.41) is 12.0. The van der Waals surface area contributed by atoms with Crippen molar-refractivity contribution in [3.8, 4) is 5.75 Å². The first-order valence-corrected chi connectivity index (χ1v) is 9.62. The molecule has 0 spiro atoms. The molecule has 2 heterocycles. The molecule has 26 heavy (non-hydrogen) atoms. The number of halogens is 1. The smallest absolute Gasteiger partial charge is 0.236 e. The largest absolute Gasteiger partial charge is 0.495 e. The molecule has 3 rings (SSSR count). The standard InChI is InChI=1S/C17H22ClN5O2S/c1-9(2)8-19-16(24)15-14(11-5-6-13(25-4)12(18)7-11)22-23-10(3)20-21-17(23)26-15/h5-7,9,14-15,22H,8H2,1-4H3,(H,19,24)/t14-,15-/m0/s1. The van der Waals surface area contributed by atoms with Crippen molar-refractivity contribution in [2.45, 2.75) is 37.2 Å². The van der Waals surface area contributed by atoms with E-state index >= 15 is 0 Å². The van der Waals surface area contributed by atoms with Crippen molar-refractivity contribution in [1.29, 1.82) is 0 Å². The lowest BCUT2D eigenvalue weighted by Crippen LogP contribution is -2.45. The molecule has 0 saturated heterocycles. The third-order valence-electron chi connectivity index (χ3n) is 4.08. The summed E-state index contributed by atoms with van der Waals surface area (Å²) in [6.07, 6.45) is 0. The molecule has 1 aromatic heterocycles. The first-order valence-electron chi connectivity index (χ1n) is 8.37. The van der Waals surface area contributed by atoms with Crippen LogP contribution >= 0.6 is 23.4 Å². The lowest BCUT2D eigenvalue weighted by molar-refractivity contribution is -0.121. The second kappa shape index (κ2) is 7.75. The normalized spacial score (nSPS) is 19.0. The molecular weight excluding hydrogens is 374 g/mol. The first kappa shape index (κ1) is 18.8. The number of benzene rings is 1. The number of rotatable bonds is 5. The molecule has 0 fully saturated rings. The molecular formula is C17H22ClN5O2S. The summed E-state index contributed by atoms with van der Waals surface area (Å²) in [6.45, 7) is 6.61. The van der Waals surface area contributed by atoms with E-state index < -0.39 is 5.25 Å². The lowest BCUT2D eigenvalue weighted by Gasteiger charge is -2.33. The second-order valence-electron chi connectivity index (χ2n) is 6.54. The molecule has 1 aliphatic heterocycles. The fraction of sp³-hybridized carbons (Fsp3) is 0.471. The molecule has 2 aromatic rings. The van der Waals surface area contributed by atoms with E-state index in [0.717, 1.165) is 11.4 Å². The maximum absolute atomic E-state index is 12.8. The minimum atomic E-state index is -0.394. The van der Waals surface area contributed by atoms with Gasteiger partial charge in [-0.1, -0.05) is 43.3 Å². The number of ether oxygens (including phenoxy) is 1. The van der Waals surface area contributed by atoms with Crippen LogP contribution in [0.5, 0.6) is 5.75 Å². The van der Waals surface area contributed by atoms with E-state index in [9.17, 15) is 4.79 Å². The van der Waals surface area contributed by atoms with Crippen molar-refractivity contribution >= 4 is 29.3 Å². The Morgan fingerprint density at radius 1 is 1.46 bits per heavy atom. The summed E-state index contributed by atoms with van der Waals surface area (Å²) in [6, 6.07) is 5.27. The number of hydrogen-bond donors (Lipinski definition) is 2. The number of nitrogens with zero attached hydrogens (tertiary/aromatic N) is 3. The Balaban J connectivity index is 1.94. The summed E-state index contributed by atoms with van der Waals surface area (Å²) >= 11 is 7.69. The quantitative estimate of drug-likeness (QED) is 0.810. The highest BCUT2D eigenvalue weighted by molar-refractivity contribution is 8.00. The van der Waals surface area contributed by atoms with Gasteiger partial charge in [0.15, 0.2) is 0 Å². The Hall–Kier alpha value is -1.93. The van der Waals surface area contributed by atoms with Crippen molar-refractivity contribution in [3.05, 3.63) is 34.6 Å². The highest BCUT2D eigenvalue weighted by atomic mass is 35.5. The van der Waals surface area contributed by atoms with Crippen molar-refractivity contribution in [1.82, 2.24) is 20.2 Å². The van der Waals surface area contributed by atoms with Gasteiger partial charge in [0.25, 0.3) is 0 Å². The van der Waals surface area contributed by atoms with Crippen molar-refractivity contribution < 1.29 is 9.53 Å². The van der Waals surface area contributed by atoms with Gasteiger partial charge in [-0.15, -0.1) is 10.2 Å². The van der Waals surface area contributed by atoms with Crippen LogP contribution in [0.4, 0.5) is 0 Å². The monoisotopic (exact) mass is 395 g/mol. The van der Waals surface area contributed by atoms with E-state index in [1.807, 2.05) is 25.1 Å². The highest BCUT2D eigenvalue weighted by Gasteiger charge is 2.37. The summed E-state index contributed by atoms with van der Waals surface area (Å²) in [5.74, 6) is 1.67. The number of thioether (sulfide) groups is 1. The number of carbonyl (C=O) groups excluding carboxylic acids is 1. The van der Waals surface area contributed by atoms with E-state index in [1.165, 1.54) is 11.8 Å². The topological polar surface area (TPSA) is 81.1 Å². The number of aromatic nitrogens is 3. The molecule has 1 aromatic carbocycles. The van der Waals surface area contributed by atoms with Gasteiger partial charge >= 0.3 is 0 Å². The molecule has 1 amide bonds. The summed E-state index contributed by atoms with van der Waals surface area (Å²) < 4.78 is 7.03. The third kappa shape index (κ3) is 3.76. The van der Waals surface area contributed by atoms with Crippen molar-refractivity contribution in [2.24, 2.45) is 5.92 Å². The van der Waals surface area contributed by atoms with Crippen LogP contribution in [0, 0.1) is 12.8 Å². The van der Waals surface area contributed by atoms with Gasteiger partial charge in [0.05, 0.1) is 18.2 Å². The predicted molar refractivity (Wildman–Crippen MR) is 102 cm³/mol. The number of aryl methyl sites for hydroxylation is 1. The molecule has 0 unspecified atom stereocenters. The molecule has 0 radical (unpaired) electrons. The summed E-state index contributed by atoms with van der Waals surface area (Å²) in [4.78, 5) is 12.8. The van der Waals surface area contributed by atoms with Gasteiger partial charge in [0, 0.05) is 6.54 Å². The van der Waals surface area contributed by atoms with Gasteiger partial charge < -0.3 is 15.5 Å². The SMILES string of the molecule is COc1ccc([C@@H]2Nn3c(C)nnc3S[C@@H]2C(=O)NCC(C)C)cc1Cl. The van der Waals surface area contributed by atoms with Crippen LogP contribution in [0.25, 0.3) is 0 Å². The highest BCUT2D eigenvalue weighted by Crippen LogP contribution is 2.38. The number of amides is 1. The number of carbonyl (C=O) groups is 1. The molecule has 0 bridgehead atoms. The number of hydrogen-bond acceptors (Lipinski definition) is 6. The van der Waals surface area contributed by atoms with E-state index in [-0.39, 0.29) is 11.9 Å². The van der Waals surface area contributed by atoms with Crippen LogP contribution in [-0.2, 0) is 4.79 Å². The minimum absolute atomic E-state index is 0.0416. The van der Waals surface area contributed by atoms with Crippen molar-refractivity contribution in [2.75, 3.05) is 19.1 Å². The van der Waals surface area contributed by atoms with Gasteiger partial charge in [0.1, 0.15) is 16.8 Å². The molecule has 0 saturated carbocycles. The Labute approximate surface area is 161 Å². The van der Waals surface area contributed by atoms with E-state index in [1.54, 1.807) is 11.8 Å². The van der Waals surface area contributed by atoms with Crippen LogP contribution in [0.1, 0.15) is 31.3 Å². The van der Waals surface area contributed by atoms with Gasteiger partial charge in [-0.25, -0.2) is 4.68 Å². The van der Waals surface area contributed by atoms with Crippen LogP contribution < -0.4 is 15.5 Å². The van der Waals surface area contributed by atoms with Crippen molar-refractivity contribution in [3.63, 3.8) is 0 Å². The Kier molecular flexibility index (Phi) is 5.62. The Bertz CT molecular complexity index is 810. The van der Waals surface area contributed by atoms with Crippen LogP contribution in [-0.4, -0.2) is 39.7 Å². The number of fused-ring (bicyclic) bond motifs is 1. The zero-order chi connectivity index (χ0) is 18.8. The maximum Gasteiger partial charge on any atom is 0.236 e. The fourth-order valence-electron chi connectivity index (χ4n) is 2.69. The Morgan fingerprint density at radius 2 is 2.23 bits per heavy atom. The number of methoxy groups -OCH3 is 1. The molecule has 0 aliphatic carbocycles.